The molecule has 1 aliphatic heterocycles. The lowest BCUT2D eigenvalue weighted by atomic mass is 9.65. The van der Waals surface area contributed by atoms with E-state index in [9.17, 15) is 0 Å². The van der Waals surface area contributed by atoms with Gasteiger partial charge in [0, 0.05) is 49.5 Å². The van der Waals surface area contributed by atoms with Crippen LogP contribution >= 0.6 is 0 Å². The molecule has 0 radical (unpaired) electrons. The summed E-state index contributed by atoms with van der Waals surface area (Å²) in [5, 5.41) is 0. The first-order valence-corrected chi connectivity index (χ1v) is 10.6. The summed E-state index contributed by atoms with van der Waals surface area (Å²) < 4.78 is 5.22. The van der Waals surface area contributed by atoms with E-state index in [0.717, 1.165) is 39.1 Å². The second-order valence-electron chi connectivity index (χ2n) is 10.1. The van der Waals surface area contributed by atoms with Crippen LogP contribution in [0.1, 0.15) is 51.7 Å². The van der Waals surface area contributed by atoms with Crippen LogP contribution in [0.2, 0.25) is 0 Å². The number of anilines is 1. The molecule has 0 spiro atoms. The number of rotatable bonds is 4. The number of furan rings is 1. The Kier molecular flexibility index (Phi) is 5.13. The smallest absolute Gasteiger partial charge is 0.0947 e. The minimum absolute atomic E-state index is 0.257. The molecule has 1 aromatic heterocycles. The Hall–Kier alpha value is -2.00. The highest BCUT2D eigenvalue weighted by Gasteiger charge is 2.34. The molecule has 2 aromatic rings. The SMILES string of the molecule is CC1(C)C=C(c2ccccc2N2CCN(Cc3ccoc3)CC2)CC(C)(C)C1. The van der Waals surface area contributed by atoms with Gasteiger partial charge in [0.05, 0.1) is 12.5 Å². The summed E-state index contributed by atoms with van der Waals surface area (Å²) in [6.45, 7) is 14.9. The van der Waals surface area contributed by atoms with Crippen molar-refractivity contribution in [3.05, 3.63) is 60.1 Å². The summed E-state index contributed by atoms with van der Waals surface area (Å²) >= 11 is 0. The van der Waals surface area contributed by atoms with Crippen molar-refractivity contribution in [2.45, 2.75) is 47.1 Å². The Labute approximate surface area is 170 Å². The standard InChI is InChI=1S/C25H34N2O/c1-24(2)15-21(16-25(3,4)19-24)22-7-5-6-8-23(22)27-12-10-26(11-13-27)17-20-9-14-28-18-20/h5-9,14-15,18H,10-13,16-17,19H2,1-4H3. The second-order valence-corrected chi connectivity index (χ2v) is 10.1. The lowest BCUT2D eigenvalue weighted by Crippen LogP contribution is -2.46. The fraction of sp³-hybridized carbons (Fsp3) is 0.520. The summed E-state index contributed by atoms with van der Waals surface area (Å²) in [5.74, 6) is 0. The van der Waals surface area contributed by atoms with Crippen molar-refractivity contribution < 1.29 is 4.42 Å². The zero-order valence-electron chi connectivity index (χ0n) is 17.9. The molecule has 1 aromatic carbocycles. The Morgan fingerprint density at radius 2 is 1.71 bits per heavy atom. The predicted molar refractivity (Wildman–Crippen MR) is 117 cm³/mol. The fourth-order valence-electron chi connectivity index (χ4n) is 5.37. The number of nitrogens with zero attached hydrogens (tertiary/aromatic N) is 2. The topological polar surface area (TPSA) is 19.6 Å². The number of para-hydroxylation sites is 1. The van der Waals surface area contributed by atoms with E-state index in [2.05, 4.69) is 73.9 Å². The van der Waals surface area contributed by atoms with E-state index in [1.807, 2.05) is 6.26 Å². The Bertz CT molecular complexity index is 824. The molecular formula is C25H34N2O. The van der Waals surface area contributed by atoms with Gasteiger partial charge in [0.1, 0.15) is 0 Å². The van der Waals surface area contributed by atoms with Gasteiger partial charge in [-0.3, -0.25) is 4.90 Å². The molecule has 1 fully saturated rings. The monoisotopic (exact) mass is 378 g/mol. The maximum Gasteiger partial charge on any atom is 0.0947 e. The van der Waals surface area contributed by atoms with E-state index < -0.39 is 0 Å². The highest BCUT2D eigenvalue weighted by Crippen LogP contribution is 2.48. The van der Waals surface area contributed by atoms with Crippen molar-refractivity contribution in [3.8, 4) is 0 Å². The third-order valence-corrected chi connectivity index (χ3v) is 6.12. The largest absolute Gasteiger partial charge is 0.472 e. The summed E-state index contributed by atoms with van der Waals surface area (Å²) in [7, 11) is 0. The van der Waals surface area contributed by atoms with Gasteiger partial charge in [0.15, 0.2) is 0 Å². The normalized spacial score (nSPS) is 22.1. The zero-order chi connectivity index (χ0) is 19.8. The van der Waals surface area contributed by atoms with Crippen molar-refractivity contribution >= 4 is 11.3 Å². The van der Waals surface area contributed by atoms with Gasteiger partial charge in [-0.25, -0.2) is 0 Å². The van der Waals surface area contributed by atoms with Crippen molar-refractivity contribution in [3.63, 3.8) is 0 Å². The highest BCUT2D eigenvalue weighted by molar-refractivity contribution is 5.78. The van der Waals surface area contributed by atoms with Gasteiger partial charge >= 0.3 is 0 Å². The van der Waals surface area contributed by atoms with Crippen LogP contribution in [0.15, 0.2) is 53.4 Å². The lowest BCUT2D eigenvalue weighted by Gasteiger charge is -2.41. The van der Waals surface area contributed by atoms with E-state index in [-0.39, 0.29) is 5.41 Å². The van der Waals surface area contributed by atoms with Crippen molar-refractivity contribution in [1.82, 2.24) is 4.90 Å². The van der Waals surface area contributed by atoms with Crippen LogP contribution in [0, 0.1) is 10.8 Å². The van der Waals surface area contributed by atoms with E-state index in [0.29, 0.717) is 5.41 Å². The molecule has 4 rings (SSSR count). The lowest BCUT2D eigenvalue weighted by molar-refractivity contribution is 0.228. The first-order valence-electron chi connectivity index (χ1n) is 10.6. The molecular weight excluding hydrogens is 344 g/mol. The summed E-state index contributed by atoms with van der Waals surface area (Å²) in [4.78, 5) is 5.10. The van der Waals surface area contributed by atoms with Crippen LogP contribution in [0.25, 0.3) is 5.57 Å². The number of piperazine rings is 1. The minimum Gasteiger partial charge on any atom is -0.472 e. The second kappa shape index (κ2) is 7.44. The fourth-order valence-corrected chi connectivity index (χ4v) is 5.37. The molecule has 2 heterocycles. The van der Waals surface area contributed by atoms with E-state index in [1.165, 1.54) is 28.8 Å². The molecule has 0 unspecified atom stereocenters. The van der Waals surface area contributed by atoms with Crippen LogP contribution in [0.3, 0.4) is 0 Å². The van der Waals surface area contributed by atoms with Gasteiger partial charge in [-0.2, -0.15) is 0 Å². The minimum atomic E-state index is 0.257. The third kappa shape index (κ3) is 4.35. The predicted octanol–water partition coefficient (Wildman–Crippen LogP) is 5.83. The molecule has 0 N–H and O–H groups in total. The average molecular weight is 379 g/mol. The number of benzene rings is 1. The van der Waals surface area contributed by atoms with Crippen LogP contribution in [-0.4, -0.2) is 31.1 Å². The van der Waals surface area contributed by atoms with Crippen LogP contribution in [0.5, 0.6) is 0 Å². The highest BCUT2D eigenvalue weighted by atomic mass is 16.3. The van der Waals surface area contributed by atoms with Gasteiger partial charge in [0.25, 0.3) is 0 Å². The first-order chi connectivity index (χ1) is 13.3. The molecule has 1 saturated heterocycles. The molecule has 3 nitrogen and oxygen atoms in total. The average Bonchev–Trinajstić information content (AvgIpc) is 3.13. The molecule has 0 amide bonds. The molecule has 0 bridgehead atoms. The van der Waals surface area contributed by atoms with Crippen molar-refractivity contribution in [2.75, 3.05) is 31.1 Å². The Balaban J connectivity index is 1.52. The van der Waals surface area contributed by atoms with Crippen LogP contribution < -0.4 is 4.90 Å². The van der Waals surface area contributed by atoms with Gasteiger partial charge in [-0.1, -0.05) is 52.0 Å². The maximum absolute atomic E-state index is 5.22. The zero-order valence-corrected chi connectivity index (χ0v) is 17.9. The molecule has 1 aliphatic carbocycles. The summed E-state index contributed by atoms with van der Waals surface area (Å²) in [6, 6.07) is 11.1. The molecule has 0 atom stereocenters. The molecule has 150 valence electrons. The van der Waals surface area contributed by atoms with Gasteiger partial charge in [-0.05, 0) is 41.4 Å². The quantitative estimate of drug-likeness (QED) is 0.667. The first kappa shape index (κ1) is 19.3. The third-order valence-electron chi connectivity index (χ3n) is 6.12. The molecule has 3 heteroatoms. The van der Waals surface area contributed by atoms with Crippen LogP contribution in [-0.2, 0) is 6.54 Å². The Morgan fingerprint density at radius 1 is 0.964 bits per heavy atom. The number of hydrogen-bond donors (Lipinski definition) is 0. The number of allylic oxidation sites excluding steroid dienone is 2. The van der Waals surface area contributed by atoms with Gasteiger partial charge in [-0.15, -0.1) is 0 Å². The van der Waals surface area contributed by atoms with E-state index in [1.54, 1.807) is 6.26 Å². The van der Waals surface area contributed by atoms with Crippen molar-refractivity contribution in [2.24, 2.45) is 10.8 Å². The number of hydrogen-bond acceptors (Lipinski definition) is 3. The van der Waals surface area contributed by atoms with Crippen molar-refractivity contribution in [1.29, 1.82) is 0 Å². The van der Waals surface area contributed by atoms with Gasteiger partial charge < -0.3 is 9.32 Å². The van der Waals surface area contributed by atoms with Gasteiger partial charge in [0.2, 0.25) is 0 Å². The Morgan fingerprint density at radius 3 is 2.39 bits per heavy atom. The summed E-state index contributed by atoms with van der Waals surface area (Å²) in [6.07, 6.45) is 8.57. The van der Waals surface area contributed by atoms with Crippen LogP contribution in [0.4, 0.5) is 5.69 Å². The molecule has 2 aliphatic rings. The van der Waals surface area contributed by atoms with E-state index in [4.69, 9.17) is 4.42 Å². The maximum atomic E-state index is 5.22. The molecule has 0 saturated carbocycles. The summed E-state index contributed by atoms with van der Waals surface area (Å²) in [5.41, 5.74) is 6.25. The van der Waals surface area contributed by atoms with E-state index >= 15 is 0 Å². The molecule has 28 heavy (non-hydrogen) atoms.